The van der Waals surface area contributed by atoms with E-state index in [0.29, 0.717) is 5.92 Å². The number of aryl methyl sites for hydroxylation is 1. The van der Waals surface area contributed by atoms with Crippen molar-refractivity contribution in [2.75, 3.05) is 0 Å². The molecule has 1 rings (SSSR count). The quantitative estimate of drug-likeness (QED) is 0.603. The van der Waals surface area contributed by atoms with E-state index in [9.17, 15) is 0 Å². The van der Waals surface area contributed by atoms with Crippen LogP contribution < -0.4 is 0 Å². The van der Waals surface area contributed by atoms with Crippen LogP contribution in [0, 0.1) is 5.92 Å². The van der Waals surface area contributed by atoms with Crippen molar-refractivity contribution in [3.05, 3.63) is 35.0 Å². The van der Waals surface area contributed by atoms with Crippen molar-refractivity contribution in [3.8, 4) is 0 Å². The Morgan fingerprint density at radius 1 is 1.67 bits per heavy atom. The van der Waals surface area contributed by atoms with Gasteiger partial charge in [-0.2, -0.15) is 0 Å². The maximum atomic E-state index is 3.78. The lowest BCUT2D eigenvalue weighted by Crippen LogP contribution is -1.90. The van der Waals surface area contributed by atoms with Gasteiger partial charge in [0.05, 0.1) is 0 Å². The zero-order valence-electron chi connectivity index (χ0n) is 7.62. The molecule has 1 aromatic heterocycles. The molecular weight excluding hydrogens is 164 g/mol. The molecule has 12 heavy (non-hydrogen) atoms. The lowest BCUT2D eigenvalue weighted by atomic mass is 10.0. The van der Waals surface area contributed by atoms with Crippen molar-refractivity contribution in [1.29, 1.82) is 0 Å². The maximum absolute atomic E-state index is 3.78. The fourth-order valence-corrected chi connectivity index (χ4v) is 1.92. The molecule has 0 N–H and O–H groups in total. The van der Waals surface area contributed by atoms with Crippen LogP contribution >= 0.6 is 11.3 Å². The van der Waals surface area contributed by atoms with Crippen molar-refractivity contribution in [2.24, 2.45) is 5.92 Å². The Morgan fingerprint density at radius 3 is 3.08 bits per heavy atom. The van der Waals surface area contributed by atoms with Gasteiger partial charge in [0, 0.05) is 4.88 Å². The molecule has 0 amide bonds. The average Bonchev–Trinajstić information content (AvgIpc) is 2.57. The van der Waals surface area contributed by atoms with Crippen molar-refractivity contribution in [3.63, 3.8) is 0 Å². The van der Waals surface area contributed by atoms with E-state index >= 15 is 0 Å². The third-order valence-electron chi connectivity index (χ3n) is 2.07. The Kier molecular flexibility index (Phi) is 4.09. The van der Waals surface area contributed by atoms with E-state index < -0.39 is 0 Å². The van der Waals surface area contributed by atoms with Gasteiger partial charge in [-0.1, -0.05) is 19.1 Å². The van der Waals surface area contributed by atoms with Crippen LogP contribution in [0.15, 0.2) is 30.2 Å². The normalized spacial score (nSPS) is 12.8. The highest BCUT2D eigenvalue weighted by Crippen LogP contribution is 2.14. The summed E-state index contributed by atoms with van der Waals surface area (Å²) >= 11 is 1.86. The van der Waals surface area contributed by atoms with Gasteiger partial charge in [0.2, 0.25) is 0 Å². The van der Waals surface area contributed by atoms with Crippen LogP contribution in [-0.4, -0.2) is 0 Å². The first kappa shape index (κ1) is 9.53. The van der Waals surface area contributed by atoms with Crippen molar-refractivity contribution in [2.45, 2.75) is 26.2 Å². The van der Waals surface area contributed by atoms with Gasteiger partial charge in [-0.25, -0.2) is 0 Å². The highest BCUT2D eigenvalue weighted by Gasteiger charge is 1.97. The fraction of sp³-hybridized carbons (Fsp3) is 0.455. The summed E-state index contributed by atoms with van der Waals surface area (Å²) in [7, 11) is 0. The molecular formula is C11H16S. The number of rotatable bonds is 5. The van der Waals surface area contributed by atoms with Gasteiger partial charge in [-0.05, 0) is 36.6 Å². The molecule has 1 atom stereocenters. The van der Waals surface area contributed by atoms with Gasteiger partial charge in [-0.15, -0.1) is 17.9 Å². The van der Waals surface area contributed by atoms with Crippen molar-refractivity contribution >= 4 is 11.3 Å². The first-order valence-electron chi connectivity index (χ1n) is 4.48. The van der Waals surface area contributed by atoms with Gasteiger partial charge >= 0.3 is 0 Å². The third kappa shape index (κ3) is 3.22. The molecule has 66 valence electrons. The molecule has 0 aliphatic carbocycles. The molecule has 0 saturated heterocycles. The molecule has 1 aromatic rings. The summed E-state index contributed by atoms with van der Waals surface area (Å²) < 4.78 is 0. The molecule has 0 radical (unpaired) electrons. The van der Waals surface area contributed by atoms with Gasteiger partial charge in [0.1, 0.15) is 0 Å². The van der Waals surface area contributed by atoms with Gasteiger partial charge in [0.25, 0.3) is 0 Å². The molecule has 1 unspecified atom stereocenters. The second kappa shape index (κ2) is 5.15. The Balaban J connectivity index is 2.15. The van der Waals surface area contributed by atoms with Crippen molar-refractivity contribution < 1.29 is 0 Å². The van der Waals surface area contributed by atoms with E-state index in [1.165, 1.54) is 24.1 Å². The Hall–Kier alpha value is -0.560. The van der Waals surface area contributed by atoms with E-state index in [0.717, 1.165) is 0 Å². The fourth-order valence-electron chi connectivity index (χ4n) is 1.17. The van der Waals surface area contributed by atoms with Crippen LogP contribution in [0.5, 0.6) is 0 Å². The van der Waals surface area contributed by atoms with Crippen LogP contribution in [0.3, 0.4) is 0 Å². The summed E-state index contributed by atoms with van der Waals surface area (Å²) in [4.78, 5) is 1.51. The van der Waals surface area contributed by atoms with Crippen LogP contribution in [0.1, 0.15) is 24.6 Å². The molecule has 1 heterocycles. The molecule has 0 aromatic carbocycles. The topological polar surface area (TPSA) is 0 Å². The highest BCUT2D eigenvalue weighted by molar-refractivity contribution is 7.09. The zero-order chi connectivity index (χ0) is 8.81. The SMILES string of the molecule is C=CC(C)CCCc1cccs1. The van der Waals surface area contributed by atoms with E-state index in [-0.39, 0.29) is 0 Å². The minimum Gasteiger partial charge on any atom is -0.149 e. The van der Waals surface area contributed by atoms with Gasteiger partial charge in [-0.3, -0.25) is 0 Å². The van der Waals surface area contributed by atoms with E-state index in [2.05, 4.69) is 31.0 Å². The third-order valence-corrected chi connectivity index (χ3v) is 3.00. The van der Waals surface area contributed by atoms with E-state index in [4.69, 9.17) is 0 Å². The molecule has 0 fully saturated rings. The Morgan fingerprint density at radius 2 is 2.50 bits per heavy atom. The van der Waals surface area contributed by atoms with Gasteiger partial charge < -0.3 is 0 Å². The molecule has 0 saturated carbocycles. The lowest BCUT2D eigenvalue weighted by Gasteiger charge is -2.03. The molecule has 0 aliphatic rings. The first-order chi connectivity index (χ1) is 5.83. The maximum Gasteiger partial charge on any atom is 0.00452 e. The van der Waals surface area contributed by atoms with E-state index in [1.54, 1.807) is 0 Å². The van der Waals surface area contributed by atoms with Crippen molar-refractivity contribution in [1.82, 2.24) is 0 Å². The van der Waals surface area contributed by atoms with Gasteiger partial charge in [0.15, 0.2) is 0 Å². The predicted molar refractivity (Wildman–Crippen MR) is 56.6 cm³/mol. The average molecular weight is 180 g/mol. The first-order valence-corrected chi connectivity index (χ1v) is 5.36. The molecule has 0 spiro atoms. The molecule has 0 bridgehead atoms. The van der Waals surface area contributed by atoms with Crippen LogP contribution in [0.4, 0.5) is 0 Å². The van der Waals surface area contributed by atoms with E-state index in [1.807, 2.05) is 17.4 Å². The molecule has 0 nitrogen and oxygen atoms in total. The largest absolute Gasteiger partial charge is 0.149 e. The summed E-state index contributed by atoms with van der Waals surface area (Å²) in [5, 5.41) is 2.15. The van der Waals surface area contributed by atoms with Crippen LogP contribution in [0.2, 0.25) is 0 Å². The summed E-state index contributed by atoms with van der Waals surface area (Å²) in [6.07, 6.45) is 5.82. The number of hydrogen-bond acceptors (Lipinski definition) is 1. The number of thiophene rings is 1. The standard InChI is InChI=1S/C11H16S/c1-3-10(2)6-4-7-11-8-5-9-12-11/h3,5,8-10H,1,4,6-7H2,2H3. The Labute approximate surface area is 78.9 Å². The zero-order valence-corrected chi connectivity index (χ0v) is 8.44. The minimum absolute atomic E-state index is 0.671. The Bertz CT molecular complexity index is 211. The summed E-state index contributed by atoms with van der Waals surface area (Å²) in [6, 6.07) is 4.33. The summed E-state index contributed by atoms with van der Waals surface area (Å²) in [5.74, 6) is 0.671. The van der Waals surface area contributed by atoms with Crippen LogP contribution in [-0.2, 0) is 6.42 Å². The number of allylic oxidation sites excluding steroid dienone is 1. The molecule has 1 heteroatoms. The summed E-state index contributed by atoms with van der Waals surface area (Å²) in [5.41, 5.74) is 0. The monoisotopic (exact) mass is 180 g/mol. The lowest BCUT2D eigenvalue weighted by molar-refractivity contribution is 0.610. The minimum atomic E-state index is 0.671. The highest BCUT2D eigenvalue weighted by atomic mass is 32.1. The summed E-state index contributed by atoms with van der Waals surface area (Å²) in [6.45, 7) is 6.00. The number of hydrogen-bond donors (Lipinski definition) is 0. The predicted octanol–water partition coefficient (Wildman–Crippen LogP) is 3.89. The smallest absolute Gasteiger partial charge is 0.00452 e. The second-order valence-electron chi connectivity index (χ2n) is 3.18. The van der Waals surface area contributed by atoms with Crippen LogP contribution in [0.25, 0.3) is 0 Å². The molecule has 0 aliphatic heterocycles. The second-order valence-corrected chi connectivity index (χ2v) is 4.22.